The van der Waals surface area contributed by atoms with Crippen LogP contribution in [0.4, 0.5) is 4.39 Å². The van der Waals surface area contributed by atoms with Crippen molar-refractivity contribution < 1.29 is 4.39 Å². The highest BCUT2D eigenvalue weighted by molar-refractivity contribution is 7.26. The first kappa shape index (κ1) is 13.1. The maximum atomic E-state index is 13.4. The van der Waals surface area contributed by atoms with Gasteiger partial charge in [-0.15, -0.1) is 22.7 Å². The van der Waals surface area contributed by atoms with Crippen LogP contribution in [-0.2, 0) is 6.42 Å². The molecule has 2 heterocycles. The summed E-state index contributed by atoms with van der Waals surface area (Å²) in [5, 5.41) is 2.22. The van der Waals surface area contributed by atoms with Crippen molar-refractivity contribution in [2.24, 2.45) is 5.73 Å². The molecule has 1 atom stereocenters. The molecule has 0 aliphatic carbocycles. The SMILES string of the molecule is NC(Cc1ccc(Cl)c(F)c1)c1cc2sccc2s1. The van der Waals surface area contributed by atoms with Gasteiger partial charge >= 0.3 is 0 Å². The lowest BCUT2D eigenvalue weighted by atomic mass is 10.1. The molecule has 98 valence electrons. The van der Waals surface area contributed by atoms with Crippen LogP contribution in [0.25, 0.3) is 9.40 Å². The smallest absolute Gasteiger partial charge is 0.142 e. The zero-order chi connectivity index (χ0) is 13.4. The molecule has 19 heavy (non-hydrogen) atoms. The van der Waals surface area contributed by atoms with Gasteiger partial charge in [-0.05, 0) is 41.6 Å². The van der Waals surface area contributed by atoms with Crippen molar-refractivity contribution in [3.63, 3.8) is 0 Å². The van der Waals surface area contributed by atoms with Gasteiger partial charge in [-0.3, -0.25) is 0 Å². The second kappa shape index (κ2) is 5.21. The molecule has 2 aromatic heterocycles. The number of thiophene rings is 2. The molecular weight excluding hydrogens is 301 g/mol. The van der Waals surface area contributed by atoms with E-state index in [1.54, 1.807) is 28.7 Å². The molecule has 0 bridgehead atoms. The monoisotopic (exact) mass is 311 g/mol. The topological polar surface area (TPSA) is 26.0 Å². The lowest BCUT2D eigenvalue weighted by Gasteiger charge is -2.09. The standard InChI is InChI=1S/C14H11ClFNS2/c15-9-2-1-8(5-10(9)16)6-11(17)13-7-14-12(19-13)3-4-18-14/h1-5,7,11H,6,17H2. The van der Waals surface area contributed by atoms with Crippen LogP contribution >= 0.6 is 34.3 Å². The van der Waals surface area contributed by atoms with E-state index in [9.17, 15) is 4.39 Å². The van der Waals surface area contributed by atoms with Crippen LogP contribution in [0.5, 0.6) is 0 Å². The van der Waals surface area contributed by atoms with Crippen molar-refractivity contribution in [1.29, 1.82) is 0 Å². The van der Waals surface area contributed by atoms with Crippen LogP contribution in [0.1, 0.15) is 16.5 Å². The van der Waals surface area contributed by atoms with Gasteiger partial charge in [-0.2, -0.15) is 0 Å². The van der Waals surface area contributed by atoms with E-state index < -0.39 is 5.82 Å². The summed E-state index contributed by atoms with van der Waals surface area (Å²) in [4.78, 5) is 1.14. The molecule has 3 aromatic rings. The van der Waals surface area contributed by atoms with Crippen molar-refractivity contribution in [2.45, 2.75) is 12.5 Å². The summed E-state index contributed by atoms with van der Waals surface area (Å²) in [6, 6.07) is 8.97. The maximum Gasteiger partial charge on any atom is 0.142 e. The minimum atomic E-state index is -0.390. The molecule has 0 saturated carbocycles. The van der Waals surface area contributed by atoms with Gasteiger partial charge in [0.15, 0.2) is 0 Å². The van der Waals surface area contributed by atoms with Crippen LogP contribution in [0.2, 0.25) is 5.02 Å². The molecular formula is C14H11ClFNS2. The largest absolute Gasteiger partial charge is 0.323 e. The summed E-state index contributed by atoms with van der Waals surface area (Å²) >= 11 is 9.09. The molecule has 0 radical (unpaired) electrons. The molecule has 0 aliphatic rings. The first-order valence-electron chi connectivity index (χ1n) is 5.80. The van der Waals surface area contributed by atoms with E-state index in [1.807, 2.05) is 6.07 Å². The van der Waals surface area contributed by atoms with Gasteiger partial charge in [0.05, 0.1) is 5.02 Å². The Balaban J connectivity index is 1.82. The van der Waals surface area contributed by atoms with Gasteiger partial charge in [0.1, 0.15) is 5.82 Å². The van der Waals surface area contributed by atoms with E-state index in [0.717, 1.165) is 10.4 Å². The molecule has 5 heteroatoms. The predicted octanol–water partition coefficient (Wildman–Crippen LogP) is 5.00. The van der Waals surface area contributed by atoms with E-state index in [-0.39, 0.29) is 11.1 Å². The fraction of sp³-hybridized carbons (Fsp3) is 0.143. The molecule has 3 rings (SSSR count). The summed E-state index contributed by atoms with van der Waals surface area (Å²) in [6.07, 6.45) is 0.613. The second-order valence-corrected chi connectivity index (χ2v) is 6.83. The number of hydrogen-bond donors (Lipinski definition) is 1. The Morgan fingerprint density at radius 3 is 2.79 bits per heavy atom. The number of nitrogens with two attached hydrogens (primary N) is 1. The molecule has 1 unspecified atom stereocenters. The highest BCUT2D eigenvalue weighted by Crippen LogP contribution is 2.33. The van der Waals surface area contributed by atoms with Crippen molar-refractivity contribution in [1.82, 2.24) is 0 Å². The third kappa shape index (κ3) is 2.67. The zero-order valence-electron chi connectivity index (χ0n) is 9.90. The van der Waals surface area contributed by atoms with Crippen molar-refractivity contribution >= 4 is 43.7 Å². The number of rotatable bonds is 3. The zero-order valence-corrected chi connectivity index (χ0v) is 12.3. The Kier molecular flexibility index (Phi) is 3.58. The van der Waals surface area contributed by atoms with E-state index in [2.05, 4.69) is 17.5 Å². The van der Waals surface area contributed by atoms with E-state index in [1.165, 1.54) is 15.5 Å². The Bertz CT molecular complexity index is 691. The first-order chi connectivity index (χ1) is 9.13. The summed E-state index contributed by atoms with van der Waals surface area (Å²) < 4.78 is 15.9. The number of fused-ring (bicyclic) bond motifs is 1. The fourth-order valence-electron chi connectivity index (χ4n) is 1.99. The molecule has 1 nitrogen and oxygen atoms in total. The normalized spacial score (nSPS) is 13.0. The van der Waals surface area contributed by atoms with E-state index in [4.69, 9.17) is 17.3 Å². The molecule has 0 fully saturated rings. The molecule has 0 saturated heterocycles. The van der Waals surface area contributed by atoms with Crippen LogP contribution in [-0.4, -0.2) is 0 Å². The molecule has 0 spiro atoms. The average Bonchev–Trinajstić information content (AvgIpc) is 2.94. The predicted molar refractivity (Wildman–Crippen MR) is 81.7 cm³/mol. The van der Waals surface area contributed by atoms with Crippen molar-refractivity contribution in [3.05, 3.63) is 57.0 Å². The number of hydrogen-bond acceptors (Lipinski definition) is 3. The van der Waals surface area contributed by atoms with E-state index >= 15 is 0 Å². The summed E-state index contributed by atoms with van der Waals surface area (Å²) in [7, 11) is 0. The fourth-order valence-corrected chi connectivity index (χ4v) is 4.23. The molecule has 0 aliphatic heterocycles. The lowest BCUT2D eigenvalue weighted by Crippen LogP contribution is -2.11. The van der Waals surface area contributed by atoms with Gasteiger partial charge in [-0.1, -0.05) is 17.7 Å². The average molecular weight is 312 g/mol. The minimum Gasteiger partial charge on any atom is -0.323 e. The van der Waals surface area contributed by atoms with Crippen LogP contribution < -0.4 is 5.73 Å². The molecule has 1 aromatic carbocycles. The molecule has 2 N–H and O–H groups in total. The quantitative estimate of drug-likeness (QED) is 0.724. The highest BCUT2D eigenvalue weighted by atomic mass is 35.5. The van der Waals surface area contributed by atoms with Gasteiger partial charge in [0.25, 0.3) is 0 Å². The lowest BCUT2D eigenvalue weighted by molar-refractivity contribution is 0.623. The first-order valence-corrected chi connectivity index (χ1v) is 7.87. The number of halogens is 2. The Morgan fingerprint density at radius 1 is 1.21 bits per heavy atom. The van der Waals surface area contributed by atoms with Crippen LogP contribution in [0.15, 0.2) is 35.7 Å². The third-order valence-electron chi connectivity index (χ3n) is 2.96. The van der Waals surface area contributed by atoms with Gasteiger partial charge < -0.3 is 5.73 Å². The van der Waals surface area contributed by atoms with Gasteiger partial charge in [-0.25, -0.2) is 4.39 Å². The highest BCUT2D eigenvalue weighted by Gasteiger charge is 2.12. The summed E-state index contributed by atoms with van der Waals surface area (Å²) in [5.74, 6) is -0.390. The van der Waals surface area contributed by atoms with Gasteiger partial charge in [0, 0.05) is 20.3 Å². The van der Waals surface area contributed by atoms with Crippen molar-refractivity contribution in [3.8, 4) is 0 Å². The van der Waals surface area contributed by atoms with E-state index in [0.29, 0.717) is 6.42 Å². The molecule has 0 amide bonds. The number of benzene rings is 1. The maximum absolute atomic E-state index is 13.4. The third-order valence-corrected chi connectivity index (χ3v) is 5.50. The Hall–Kier alpha value is -0.940. The Morgan fingerprint density at radius 2 is 2.05 bits per heavy atom. The Labute approximate surface area is 123 Å². The second-order valence-electron chi connectivity index (χ2n) is 4.36. The summed E-state index contributed by atoms with van der Waals surface area (Å²) in [5.41, 5.74) is 7.06. The van der Waals surface area contributed by atoms with Gasteiger partial charge in [0.2, 0.25) is 0 Å². The van der Waals surface area contributed by atoms with Crippen LogP contribution in [0.3, 0.4) is 0 Å². The van der Waals surface area contributed by atoms with Crippen LogP contribution in [0, 0.1) is 5.82 Å². The summed E-state index contributed by atoms with van der Waals surface area (Å²) in [6.45, 7) is 0. The minimum absolute atomic E-state index is 0.106. The van der Waals surface area contributed by atoms with Crippen molar-refractivity contribution in [2.75, 3.05) is 0 Å².